The van der Waals surface area contributed by atoms with Crippen LogP contribution in [0.5, 0.6) is 28.7 Å². The highest BCUT2D eigenvalue weighted by Crippen LogP contribution is 2.64. The number of methoxy groups -OCH3 is 1. The van der Waals surface area contributed by atoms with E-state index >= 15 is 0 Å². The number of aromatic hydroxyl groups is 1. The number of phenolic OH excluding ortho intramolecular Hbond substituents is 1. The molecule has 2 fully saturated rings. The summed E-state index contributed by atoms with van der Waals surface area (Å²) in [5.74, 6) is -0.307. The number of hydrogen-bond donors (Lipinski definition) is 1. The molecule has 2 saturated heterocycles. The highest BCUT2D eigenvalue weighted by atomic mass is 32.2. The van der Waals surface area contributed by atoms with Gasteiger partial charge in [0.05, 0.1) is 30.5 Å². The van der Waals surface area contributed by atoms with Gasteiger partial charge in [-0.05, 0) is 38.4 Å². The van der Waals surface area contributed by atoms with Gasteiger partial charge >= 0.3 is 17.9 Å². The van der Waals surface area contributed by atoms with Crippen molar-refractivity contribution in [3.63, 3.8) is 0 Å². The molecular weight excluding hydrogens is 630 g/mol. The molecule has 7 atom stereocenters. The number of thioether (sulfide) groups is 1. The summed E-state index contributed by atoms with van der Waals surface area (Å²) < 4.78 is 34.9. The second-order valence-corrected chi connectivity index (χ2v) is 13.7. The quantitative estimate of drug-likeness (QED) is 0.377. The van der Waals surface area contributed by atoms with E-state index < -0.39 is 53.4 Å². The second-order valence-electron chi connectivity index (χ2n) is 12.5. The zero-order chi connectivity index (χ0) is 33.5. The van der Waals surface area contributed by atoms with Gasteiger partial charge in [-0.3, -0.25) is 19.4 Å². The predicted octanol–water partition coefficient (Wildman–Crippen LogP) is 3.16. The number of ether oxygens (including phenoxy) is 6. The van der Waals surface area contributed by atoms with Gasteiger partial charge < -0.3 is 33.5 Å². The summed E-state index contributed by atoms with van der Waals surface area (Å²) in [5.41, 5.74) is 4.20. The van der Waals surface area contributed by atoms with Crippen molar-refractivity contribution in [2.45, 2.75) is 75.7 Å². The fourth-order valence-corrected chi connectivity index (χ4v) is 9.71. The summed E-state index contributed by atoms with van der Waals surface area (Å²) in [7, 11) is 3.46. The van der Waals surface area contributed by atoms with Crippen molar-refractivity contribution < 1.29 is 47.9 Å². The van der Waals surface area contributed by atoms with Crippen LogP contribution in [0.4, 0.5) is 0 Å². The largest absolute Gasteiger partial charge is 0.504 e. The molecule has 0 amide bonds. The molecule has 5 aliphatic heterocycles. The summed E-state index contributed by atoms with van der Waals surface area (Å²) in [6, 6.07) is 1.84. The van der Waals surface area contributed by atoms with Crippen LogP contribution in [0.1, 0.15) is 64.6 Å². The van der Waals surface area contributed by atoms with Gasteiger partial charge in [-0.2, -0.15) is 5.26 Å². The molecule has 0 saturated carbocycles. The maximum absolute atomic E-state index is 13.3. The highest BCUT2D eigenvalue weighted by Gasteiger charge is 2.60. The number of cyclic esters (lactones) is 1. The maximum atomic E-state index is 13.3. The number of benzene rings is 2. The summed E-state index contributed by atoms with van der Waals surface area (Å²) in [6.07, 6.45) is -0.713. The molecule has 1 N–H and O–H groups in total. The topological polar surface area (TPSA) is 157 Å². The monoisotopic (exact) mass is 665 g/mol. The third-order valence-electron chi connectivity index (χ3n) is 9.93. The number of carbonyl (C=O) groups is 3. The van der Waals surface area contributed by atoms with Crippen LogP contribution in [-0.4, -0.2) is 90.4 Å². The van der Waals surface area contributed by atoms with Crippen LogP contribution in [0.15, 0.2) is 6.07 Å². The minimum atomic E-state index is -1.20. The van der Waals surface area contributed by atoms with Crippen LogP contribution in [0.25, 0.3) is 0 Å². The lowest BCUT2D eigenvalue weighted by molar-refractivity contribution is -0.168. The lowest BCUT2D eigenvalue weighted by Crippen LogP contribution is -2.69. The Bertz CT molecular complexity index is 1760. The number of carbonyl (C=O) groups excluding carboxylic acids is 3. The summed E-state index contributed by atoms with van der Waals surface area (Å²) in [5, 5.41) is 22.1. The van der Waals surface area contributed by atoms with E-state index in [-0.39, 0.29) is 30.9 Å². The number of nitriles is 1. The van der Waals surface area contributed by atoms with E-state index in [2.05, 4.69) is 15.9 Å². The number of piperazine rings is 1. The Balaban J connectivity index is 1.54. The number of nitrogens with zero attached hydrogens (tertiary/aromatic N) is 3. The Morgan fingerprint density at radius 1 is 1.09 bits per heavy atom. The zero-order valence-electron chi connectivity index (χ0n) is 26.8. The van der Waals surface area contributed by atoms with Gasteiger partial charge in [0.25, 0.3) is 0 Å². The molecule has 0 radical (unpaired) electrons. The van der Waals surface area contributed by atoms with Crippen molar-refractivity contribution in [1.29, 1.82) is 5.26 Å². The Labute approximate surface area is 275 Å². The Morgan fingerprint density at radius 2 is 1.83 bits per heavy atom. The number of aryl methyl sites for hydroxylation is 1. The molecule has 14 heteroatoms. The van der Waals surface area contributed by atoms with Crippen LogP contribution < -0.4 is 18.9 Å². The van der Waals surface area contributed by atoms with Gasteiger partial charge in [-0.15, -0.1) is 11.8 Å². The molecule has 4 bridgehead atoms. The average Bonchev–Trinajstić information content (AvgIpc) is 3.50. The van der Waals surface area contributed by atoms with Crippen LogP contribution in [0, 0.1) is 25.2 Å². The molecule has 2 aromatic carbocycles. The number of rotatable bonds is 3. The molecule has 47 heavy (non-hydrogen) atoms. The molecule has 1 unspecified atom stereocenters. The molecule has 13 nitrogen and oxygen atoms in total. The summed E-state index contributed by atoms with van der Waals surface area (Å²) in [4.78, 5) is 42.3. The van der Waals surface area contributed by atoms with E-state index in [1.807, 2.05) is 20.0 Å². The van der Waals surface area contributed by atoms with Crippen LogP contribution >= 0.6 is 11.8 Å². The molecule has 5 aliphatic rings. The van der Waals surface area contributed by atoms with Crippen molar-refractivity contribution >= 4 is 29.7 Å². The van der Waals surface area contributed by atoms with Crippen LogP contribution in [-0.2, 0) is 30.3 Å². The summed E-state index contributed by atoms with van der Waals surface area (Å²) >= 11 is 1.33. The van der Waals surface area contributed by atoms with E-state index in [4.69, 9.17) is 28.4 Å². The molecule has 0 aliphatic carbocycles. The molecule has 0 aromatic heterocycles. The van der Waals surface area contributed by atoms with Crippen LogP contribution in [0.3, 0.4) is 0 Å². The molecule has 248 valence electrons. The normalized spacial score (nSPS) is 29.0. The van der Waals surface area contributed by atoms with E-state index in [0.29, 0.717) is 51.7 Å². The molecule has 5 heterocycles. The zero-order valence-corrected chi connectivity index (χ0v) is 27.6. The molecular formula is C33H35N3O10S. The van der Waals surface area contributed by atoms with Crippen LogP contribution in [0.2, 0.25) is 0 Å². The number of fused-ring (bicyclic) bond motifs is 9. The van der Waals surface area contributed by atoms with Gasteiger partial charge in [0, 0.05) is 53.9 Å². The predicted molar refractivity (Wildman–Crippen MR) is 165 cm³/mol. The molecule has 0 spiro atoms. The Kier molecular flexibility index (Phi) is 7.69. The van der Waals surface area contributed by atoms with Crippen molar-refractivity contribution in [1.82, 2.24) is 9.80 Å². The fourth-order valence-electron chi connectivity index (χ4n) is 8.23. The SMILES string of the molecule is COc1c(C)cc2c(c1O)[C@@H]1C3[C@@H]4SC[C@@H](OC(C)=O)C(=O)OC[C@H](c5c6c(c(C)c(OC(C)=O)c54)OCO6)N3[C@@H](C#N)[C@H](C2)N1C. The first-order chi connectivity index (χ1) is 22.5. The molecule has 2 aromatic rings. The van der Waals surface area contributed by atoms with Gasteiger partial charge in [0.2, 0.25) is 12.9 Å². The standard InChI is InChI=1S/C33H35N3O10S/c1-13-7-17-8-18-19(9-34)36-20-10-42-33(40)21(45-15(3)37)11-47-32(26(36)25(35(18)5)22(17)27(39)28(13)41-6)24-23(20)31-30(43-12-44-31)14(2)29(24)46-16(4)38/h7,18-21,25-26,32,39H,8,10-12H2,1-6H3/t18-,19-,20+,21+,25+,26?,32+/m0/s1. The van der Waals surface area contributed by atoms with Gasteiger partial charge in [-0.25, -0.2) is 4.79 Å². The average molecular weight is 666 g/mol. The van der Waals surface area contributed by atoms with Crippen molar-refractivity contribution in [3.8, 4) is 34.8 Å². The number of likely N-dealkylation sites (N-methyl/N-ethyl adjacent to an activating group) is 1. The highest BCUT2D eigenvalue weighted by molar-refractivity contribution is 7.99. The third-order valence-corrected chi connectivity index (χ3v) is 11.3. The van der Waals surface area contributed by atoms with E-state index in [1.165, 1.54) is 32.7 Å². The fraction of sp³-hybridized carbons (Fsp3) is 0.515. The number of esters is 3. The minimum Gasteiger partial charge on any atom is -0.504 e. The van der Waals surface area contributed by atoms with E-state index in [1.54, 1.807) is 6.92 Å². The molecule has 7 rings (SSSR count). The van der Waals surface area contributed by atoms with Gasteiger partial charge in [0.15, 0.2) is 23.0 Å². The van der Waals surface area contributed by atoms with Crippen molar-refractivity contribution in [2.75, 3.05) is 33.3 Å². The number of hydrogen-bond acceptors (Lipinski definition) is 14. The van der Waals surface area contributed by atoms with E-state index in [0.717, 1.165) is 11.1 Å². The maximum Gasteiger partial charge on any atom is 0.348 e. The lowest BCUT2D eigenvalue weighted by Gasteiger charge is -2.61. The van der Waals surface area contributed by atoms with Gasteiger partial charge in [-0.1, -0.05) is 6.07 Å². The van der Waals surface area contributed by atoms with Crippen molar-refractivity contribution in [3.05, 3.63) is 39.4 Å². The first kappa shape index (κ1) is 31.4. The lowest BCUT2D eigenvalue weighted by atomic mass is 9.71. The second kappa shape index (κ2) is 11.5. The summed E-state index contributed by atoms with van der Waals surface area (Å²) in [6.45, 7) is 5.94. The Morgan fingerprint density at radius 3 is 2.51 bits per heavy atom. The smallest absolute Gasteiger partial charge is 0.348 e. The third kappa shape index (κ3) is 4.62. The first-order valence-corrected chi connectivity index (χ1v) is 16.4. The first-order valence-electron chi connectivity index (χ1n) is 15.4. The number of phenols is 1. The van der Waals surface area contributed by atoms with E-state index in [9.17, 15) is 24.8 Å². The van der Waals surface area contributed by atoms with Crippen molar-refractivity contribution in [2.24, 2.45) is 0 Å². The van der Waals surface area contributed by atoms with Gasteiger partial charge in [0.1, 0.15) is 18.4 Å². The minimum absolute atomic E-state index is 0.0116. The Hall–Kier alpha value is -4.19.